The molecule has 0 bridgehead atoms. The first-order chi connectivity index (χ1) is 12.1. The molecule has 2 aromatic carbocycles. The van der Waals surface area contributed by atoms with E-state index < -0.39 is 0 Å². The summed E-state index contributed by atoms with van der Waals surface area (Å²) in [7, 11) is 0. The van der Waals surface area contributed by atoms with Crippen LogP contribution < -0.4 is 10.5 Å². The van der Waals surface area contributed by atoms with E-state index in [9.17, 15) is 9.59 Å². The molecule has 0 saturated carbocycles. The monoisotopic (exact) mass is 333 g/mol. The summed E-state index contributed by atoms with van der Waals surface area (Å²) < 4.78 is 0. The first kappa shape index (κ1) is 15.6. The Hall–Kier alpha value is -2.95. The Balaban J connectivity index is 1.76. The molecular formula is C20H19N3O2. The first-order valence-electron chi connectivity index (χ1n) is 8.46. The van der Waals surface area contributed by atoms with Crippen molar-refractivity contribution in [3.63, 3.8) is 0 Å². The average Bonchev–Trinajstić information content (AvgIpc) is 2.87. The molecular weight excluding hydrogens is 314 g/mol. The van der Waals surface area contributed by atoms with E-state index in [0.29, 0.717) is 23.1 Å². The van der Waals surface area contributed by atoms with Crippen LogP contribution in [0.15, 0.2) is 53.3 Å². The number of H-pyrrole nitrogens is 1. The average molecular weight is 333 g/mol. The normalized spacial score (nSPS) is 16.7. The van der Waals surface area contributed by atoms with E-state index in [1.54, 1.807) is 6.07 Å². The lowest BCUT2D eigenvalue weighted by molar-refractivity contribution is -0.119. The maximum absolute atomic E-state index is 13.0. The fourth-order valence-corrected chi connectivity index (χ4v) is 3.58. The number of para-hydroxylation sites is 2. The smallest absolute Gasteiger partial charge is 0.258 e. The number of aromatic amines is 1. The number of nitrogens with zero attached hydrogens (tertiary/aromatic N) is 2. The minimum absolute atomic E-state index is 0.0620. The number of fused-ring (bicyclic) bond motifs is 2. The molecule has 1 aromatic heterocycles. The van der Waals surface area contributed by atoms with E-state index in [-0.39, 0.29) is 23.4 Å². The number of rotatable bonds is 3. The zero-order valence-electron chi connectivity index (χ0n) is 14.2. The molecule has 1 atom stereocenters. The summed E-state index contributed by atoms with van der Waals surface area (Å²) in [6.07, 6.45) is 0.388. The zero-order valence-corrected chi connectivity index (χ0v) is 14.2. The Morgan fingerprint density at radius 3 is 2.60 bits per heavy atom. The lowest BCUT2D eigenvalue weighted by Crippen LogP contribution is -2.35. The summed E-state index contributed by atoms with van der Waals surface area (Å²) in [6.45, 7) is 4.01. The number of anilines is 1. The van der Waals surface area contributed by atoms with Gasteiger partial charge in [-0.15, -0.1) is 0 Å². The van der Waals surface area contributed by atoms with Crippen molar-refractivity contribution in [3.8, 4) is 0 Å². The van der Waals surface area contributed by atoms with Crippen LogP contribution in [-0.2, 0) is 11.2 Å². The van der Waals surface area contributed by atoms with Gasteiger partial charge in [-0.1, -0.05) is 30.3 Å². The number of carbonyl (C=O) groups is 1. The van der Waals surface area contributed by atoms with Crippen LogP contribution >= 0.6 is 0 Å². The number of hydrogen-bond donors (Lipinski definition) is 1. The first-order valence-corrected chi connectivity index (χ1v) is 8.46. The fourth-order valence-electron chi connectivity index (χ4n) is 3.58. The number of nitrogens with one attached hydrogen (secondary N) is 1. The molecule has 1 aliphatic rings. The molecule has 0 radical (unpaired) electrons. The molecule has 25 heavy (non-hydrogen) atoms. The Morgan fingerprint density at radius 1 is 1.08 bits per heavy atom. The minimum atomic E-state index is -0.317. The van der Waals surface area contributed by atoms with Crippen molar-refractivity contribution < 1.29 is 4.79 Å². The highest BCUT2D eigenvalue weighted by Gasteiger charge is 2.38. The van der Waals surface area contributed by atoms with E-state index in [1.807, 2.05) is 61.2 Å². The van der Waals surface area contributed by atoms with Gasteiger partial charge >= 0.3 is 0 Å². The molecule has 3 aromatic rings. The standard InChI is InChI=1S/C20H19N3O2/c1-12(2)23-17-10-6-4-7-13(17)15(20(23)25)11-18-21-16-9-5-3-8-14(16)19(24)22-18/h3-10,12,15H,11H2,1-2H3,(H,21,22,24). The van der Waals surface area contributed by atoms with E-state index in [4.69, 9.17) is 0 Å². The van der Waals surface area contributed by atoms with Gasteiger partial charge < -0.3 is 9.88 Å². The SMILES string of the molecule is CC(C)N1C(=O)C(Cc2nc3ccccc3c(=O)[nH]2)c2ccccc21. The highest BCUT2D eigenvalue weighted by Crippen LogP contribution is 2.39. The molecule has 126 valence electrons. The largest absolute Gasteiger partial charge is 0.310 e. The van der Waals surface area contributed by atoms with Crippen LogP contribution in [-0.4, -0.2) is 21.9 Å². The van der Waals surface area contributed by atoms with Crippen LogP contribution in [0.25, 0.3) is 10.9 Å². The van der Waals surface area contributed by atoms with Gasteiger partial charge in [-0.2, -0.15) is 0 Å². The molecule has 0 spiro atoms. The van der Waals surface area contributed by atoms with Crippen molar-refractivity contribution in [2.45, 2.75) is 32.2 Å². The molecule has 5 nitrogen and oxygen atoms in total. The van der Waals surface area contributed by atoms with Crippen molar-refractivity contribution in [2.75, 3.05) is 4.90 Å². The van der Waals surface area contributed by atoms with Crippen LogP contribution in [0.3, 0.4) is 0 Å². The van der Waals surface area contributed by atoms with Crippen LogP contribution in [0.4, 0.5) is 5.69 Å². The van der Waals surface area contributed by atoms with E-state index in [2.05, 4.69) is 9.97 Å². The van der Waals surface area contributed by atoms with Gasteiger partial charge in [-0.3, -0.25) is 9.59 Å². The molecule has 1 aliphatic heterocycles. The summed E-state index contributed by atoms with van der Waals surface area (Å²) >= 11 is 0. The zero-order chi connectivity index (χ0) is 17.6. The van der Waals surface area contributed by atoms with Gasteiger partial charge in [0, 0.05) is 18.2 Å². The highest BCUT2D eigenvalue weighted by molar-refractivity contribution is 6.05. The molecule has 0 fully saturated rings. The molecule has 5 heteroatoms. The van der Waals surface area contributed by atoms with Gasteiger partial charge in [0.15, 0.2) is 0 Å². The van der Waals surface area contributed by atoms with E-state index >= 15 is 0 Å². The number of aromatic nitrogens is 2. The van der Waals surface area contributed by atoms with Crippen LogP contribution in [0, 0.1) is 0 Å². The summed E-state index contributed by atoms with van der Waals surface area (Å²) in [5.74, 6) is 0.289. The number of hydrogen-bond acceptors (Lipinski definition) is 3. The predicted molar refractivity (Wildman–Crippen MR) is 97.9 cm³/mol. The van der Waals surface area contributed by atoms with E-state index in [0.717, 1.165) is 11.3 Å². The van der Waals surface area contributed by atoms with Crippen molar-refractivity contribution in [1.82, 2.24) is 9.97 Å². The minimum Gasteiger partial charge on any atom is -0.310 e. The van der Waals surface area contributed by atoms with Crippen LogP contribution in [0.2, 0.25) is 0 Å². The molecule has 4 rings (SSSR count). The summed E-state index contributed by atoms with van der Waals surface area (Å²) in [6, 6.07) is 15.2. The summed E-state index contributed by atoms with van der Waals surface area (Å²) in [5, 5.41) is 0.563. The van der Waals surface area contributed by atoms with Crippen LogP contribution in [0.5, 0.6) is 0 Å². The molecule has 0 aliphatic carbocycles. The number of amides is 1. The molecule has 1 N–H and O–H groups in total. The number of benzene rings is 2. The molecule has 1 amide bonds. The second-order valence-electron chi connectivity index (χ2n) is 6.65. The van der Waals surface area contributed by atoms with Crippen molar-refractivity contribution >= 4 is 22.5 Å². The lowest BCUT2D eigenvalue weighted by Gasteiger charge is -2.22. The van der Waals surface area contributed by atoms with Gasteiger partial charge in [0.05, 0.1) is 16.8 Å². The van der Waals surface area contributed by atoms with Crippen molar-refractivity contribution in [2.24, 2.45) is 0 Å². The second kappa shape index (κ2) is 5.84. The third kappa shape index (κ3) is 2.52. The van der Waals surface area contributed by atoms with Gasteiger partial charge in [0.2, 0.25) is 5.91 Å². The van der Waals surface area contributed by atoms with Crippen molar-refractivity contribution in [1.29, 1.82) is 0 Å². The van der Waals surface area contributed by atoms with Crippen molar-refractivity contribution in [3.05, 3.63) is 70.3 Å². The Kier molecular flexibility index (Phi) is 3.64. The molecule has 2 heterocycles. The topological polar surface area (TPSA) is 66.1 Å². The third-order valence-corrected chi connectivity index (χ3v) is 4.68. The van der Waals surface area contributed by atoms with Crippen LogP contribution in [0.1, 0.15) is 31.2 Å². The fraction of sp³-hybridized carbons (Fsp3) is 0.250. The third-order valence-electron chi connectivity index (χ3n) is 4.68. The Labute approximate surface area is 145 Å². The second-order valence-corrected chi connectivity index (χ2v) is 6.65. The quantitative estimate of drug-likeness (QED) is 0.801. The summed E-state index contributed by atoms with van der Waals surface area (Å²) in [5.41, 5.74) is 2.44. The maximum atomic E-state index is 13.0. The maximum Gasteiger partial charge on any atom is 0.258 e. The van der Waals surface area contributed by atoms with Gasteiger partial charge in [0.1, 0.15) is 5.82 Å². The molecule has 1 unspecified atom stereocenters. The lowest BCUT2D eigenvalue weighted by atomic mass is 9.97. The molecule has 0 saturated heterocycles. The Morgan fingerprint density at radius 2 is 1.80 bits per heavy atom. The summed E-state index contributed by atoms with van der Waals surface area (Å²) in [4.78, 5) is 34.5. The van der Waals surface area contributed by atoms with Gasteiger partial charge in [-0.25, -0.2) is 4.98 Å². The predicted octanol–water partition coefficient (Wildman–Crippen LogP) is 3.00. The number of carbonyl (C=O) groups excluding carboxylic acids is 1. The van der Waals surface area contributed by atoms with E-state index in [1.165, 1.54) is 0 Å². The van der Waals surface area contributed by atoms with Gasteiger partial charge in [0.25, 0.3) is 5.56 Å². The Bertz CT molecular complexity index is 1020. The highest BCUT2D eigenvalue weighted by atomic mass is 16.2. The van der Waals surface area contributed by atoms with Gasteiger partial charge in [-0.05, 0) is 37.6 Å².